The minimum Gasteiger partial charge on any atom is -0.244 e. The average Bonchev–Trinajstić information content (AvgIpc) is 2.53. The molecule has 6 heteroatoms. The third-order valence-electron chi connectivity index (χ3n) is 1.83. The summed E-state index contributed by atoms with van der Waals surface area (Å²) in [5.74, 6) is 0.0406. The molecule has 0 unspecified atom stereocenters. The van der Waals surface area contributed by atoms with Crippen LogP contribution in [-0.4, -0.2) is 31.5 Å². The van der Waals surface area contributed by atoms with Crippen LogP contribution in [0, 0.1) is 0 Å². The highest BCUT2D eigenvalue weighted by atomic mass is 32.2. The molecule has 0 fully saturated rings. The SMILES string of the molecule is CCCCCS(=O)(=O)C1=NC(=O)N=C1. The van der Waals surface area contributed by atoms with Gasteiger partial charge in [0.15, 0.2) is 14.9 Å². The minimum absolute atomic E-state index is 0.0406. The number of hydrogen-bond acceptors (Lipinski definition) is 3. The molecule has 0 aromatic heterocycles. The van der Waals surface area contributed by atoms with E-state index in [1.165, 1.54) is 0 Å². The molecule has 5 nitrogen and oxygen atoms in total. The van der Waals surface area contributed by atoms with Crippen LogP contribution in [0.3, 0.4) is 0 Å². The van der Waals surface area contributed by atoms with E-state index in [1.807, 2.05) is 6.92 Å². The number of sulfone groups is 1. The summed E-state index contributed by atoms with van der Waals surface area (Å²) in [5, 5.41) is -0.196. The number of nitrogens with zero attached hydrogens (tertiary/aromatic N) is 2. The van der Waals surface area contributed by atoms with Crippen molar-refractivity contribution in [1.82, 2.24) is 0 Å². The van der Waals surface area contributed by atoms with E-state index in [2.05, 4.69) is 9.98 Å². The summed E-state index contributed by atoms with van der Waals surface area (Å²) in [7, 11) is -3.39. The van der Waals surface area contributed by atoms with Crippen LogP contribution >= 0.6 is 0 Å². The highest BCUT2D eigenvalue weighted by molar-refractivity contribution is 8.08. The predicted molar refractivity (Wildman–Crippen MR) is 54.6 cm³/mol. The zero-order valence-electron chi connectivity index (χ0n) is 7.93. The Hall–Kier alpha value is -1.04. The second-order valence-corrected chi connectivity index (χ2v) is 5.07. The van der Waals surface area contributed by atoms with Crippen LogP contribution in [0.1, 0.15) is 26.2 Å². The van der Waals surface area contributed by atoms with Gasteiger partial charge >= 0.3 is 6.03 Å². The maximum atomic E-state index is 11.5. The first-order chi connectivity index (χ1) is 6.56. The molecule has 0 saturated heterocycles. The molecule has 0 aliphatic carbocycles. The topological polar surface area (TPSA) is 75.9 Å². The molecule has 1 aliphatic heterocycles. The number of carbonyl (C=O) groups excluding carboxylic acids is 1. The summed E-state index contributed by atoms with van der Waals surface area (Å²) < 4.78 is 23.0. The molecule has 0 aromatic carbocycles. The Morgan fingerprint density at radius 3 is 2.57 bits per heavy atom. The molecular weight excluding hydrogens is 204 g/mol. The lowest BCUT2D eigenvalue weighted by molar-refractivity contribution is 0.257. The van der Waals surface area contributed by atoms with Crippen LogP contribution in [0.5, 0.6) is 0 Å². The number of rotatable bonds is 4. The molecule has 1 rings (SSSR count). The van der Waals surface area contributed by atoms with Crippen LogP contribution in [0.4, 0.5) is 4.79 Å². The smallest absolute Gasteiger partial charge is 0.244 e. The molecule has 0 bridgehead atoms. The van der Waals surface area contributed by atoms with E-state index in [9.17, 15) is 13.2 Å². The fraction of sp³-hybridized carbons (Fsp3) is 0.625. The zero-order valence-corrected chi connectivity index (χ0v) is 8.75. The molecule has 0 N–H and O–H groups in total. The van der Waals surface area contributed by atoms with Crippen molar-refractivity contribution in [2.24, 2.45) is 9.98 Å². The van der Waals surface area contributed by atoms with Crippen LogP contribution in [0.2, 0.25) is 0 Å². The van der Waals surface area contributed by atoms with Gasteiger partial charge in [-0.1, -0.05) is 19.8 Å². The van der Waals surface area contributed by atoms with Gasteiger partial charge in [-0.15, -0.1) is 0 Å². The number of hydrogen-bond donors (Lipinski definition) is 0. The first kappa shape index (κ1) is 11.0. The van der Waals surface area contributed by atoms with Crippen LogP contribution < -0.4 is 0 Å². The first-order valence-corrected chi connectivity index (χ1v) is 6.11. The van der Waals surface area contributed by atoms with Crippen molar-refractivity contribution >= 4 is 27.1 Å². The Morgan fingerprint density at radius 1 is 1.36 bits per heavy atom. The number of amides is 2. The van der Waals surface area contributed by atoms with Crippen molar-refractivity contribution in [2.75, 3.05) is 5.75 Å². The Balaban J connectivity index is 2.63. The molecule has 14 heavy (non-hydrogen) atoms. The molecule has 0 spiro atoms. The van der Waals surface area contributed by atoms with E-state index in [1.54, 1.807) is 0 Å². The summed E-state index contributed by atoms with van der Waals surface area (Å²) >= 11 is 0. The summed E-state index contributed by atoms with van der Waals surface area (Å²) in [6.45, 7) is 1.99. The largest absolute Gasteiger partial charge is 0.368 e. The first-order valence-electron chi connectivity index (χ1n) is 4.46. The van der Waals surface area contributed by atoms with E-state index in [0.717, 1.165) is 19.1 Å². The van der Waals surface area contributed by atoms with Gasteiger partial charge in [-0.3, -0.25) is 0 Å². The van der Waals surface area contributed by atoms with E-state index in [4.69, 9.17) is 0 Å². The number of urea groups is 1. The average molecular weight is 216 g/mol. The van der Waals surface area contributed by atoms with Crippen LogP contribution in [0.15, 0.2) is 9.98 Å². The van der Waals surface area contributed by atoms with Crippen molar-refractivity contribution in [3.63, 3.8) is 0 Å². The lowest BCUT2D eigenvalue weighted by Crippen LogP contribution is -2.18. The molecule has 0 aromatic rings. The fourth-order valence-corrected chi connectivity index (χ4v) is 2.28. The summed E-state index contributed by atoms with van der Waals surface area (Å²) in [4.78, 5) is 17.2. The molecule has 0 radical (unpaired) electrons. The van der Waals surface area contributed by atoms with Crippen molar-refractivity contribution in [1.29, 1.82) is 0 Å². The quantitative estimate of drug-likeness (QED) is 0.662. The van der Waals surface area contributed by atoms with Gasteiger partial charge in [0.2, 0.25) is 0 Å². The van der Waals surface area contributed by atoms with Crippen LogP contribution in [0.25, 0.3) is 0 Å². The maximum absolute atomic E-state index is 11.5. The lowest BCUT2D eigenvalue weighted by atomic mass is 10.3. The molecule has 1 aliphatic rings. The van der Waals surface area contributed by atoms with Crippen molar-refractivity contribution in [3.05, 3.63) is 0 Å². The normalized spacial score (nSPS) is 16.1. The number of carbonyl (C=O) groups is 1. The van der Waals surface area contributed by atoms with Gasteiger partial charge < -0.3 is 0 Å². The highest BCUT2D eigenvalue weighted by Crippen LogP contribution is 2.05. The monoisotopic (exact) mass is 216 g/mol. The van der Waals surface area contributed by atoms with Crippen molar-refractivity contribution in [2.45, 2.75) is 26.2 Å². The van der Waals surface area contributed by atoms with Gasteiger partial charge in [-0.25, -0.2) is 13.2 Å². The molecule has 2 amide bonds. The predicted octanol–water partition coefficient (Wildman–Crippen LogP) is 1.19. The van der Waals surface area contributed by atoms with E-state index in [-0.39, 0.29) is 10.8 Å². The van der Waals surface area contributed by atoms with Gasteiger partial charge in [0.25, 0.3) is 0 Å². The minimum atomic E-state index is -3.39. The van der Waals surface area contributed by atoms with Gasteiger partial charge in [0.05, 0.1) is 12.0 Å². The van der Waals surface area contributed by atoms with Gasteiger partial charge in [-0.2, -0.15) is 9.98 Å². The molecule has 1 heterocycles. The zero-order chi connectivity index (χ0) is 10.6. The molecular formula is C8H12N2O3S. The number of aliphatic imine (C=N–C) groups is 2. The maximum Gasteiger partial charge on any atom is 0.368 e. The third-order valence-corrected chi connectivity index (χ3v) is 3.49. The molecule has 78 valence electrons. The second-order valence-electron chi connectivity index (χ2n) is 3.02. The summed E-state index contributed by atoms with van der Waals surface area (Å²) in [6, 6.07) is -0.737. The van der Waals surface area contributed by atoms with Gasteiger partial charge in [-0.05, 0) is 6.42 Å². The standard InChI is InChI=1S/C8H12N2O3S/c1-2-3-4-5-14(12,13)7-6-9-8(11)10-7/h6H,2-5H2,1H3. The van der Waals surface area contributed by atoms with E-state index < -0.39 is 15.9 Å². The van der Waals surface area contributed by atoms with Crippen LogP contribution in [-0.2, 0) is 9.84 Å². The van der Waals surface area contributed by atoms with Crippen molar-refractivity contribution in [3.8, 4) is 0 Å². The lowest BCUT2D eigenvalue weighted by Gasteiger charge is -1.99. The Morgan fingerprint density at radius 2 is 2.07 bits per heavy atom. The summed E-state index contributed by atoms with van der Waals surface area (Å²) in [6.07, 6.45) is 3.43. The molecule has 0 atom stereocenters. The third kappa shape index (κ3) is 2.73. The Labute approximate surface area is 82.9 Å². The highest BCUT2D eigenvalue weighted by Gasteiger charge is 2.22. The molecule has 0 saturated carbocycles. The second kappa shape index (κ2) is 4.45. The summed E-state index contributed by atoms with van der Waals surface area (Å²) in [5.41, 5.74) is 0. The van der Waals surface area contributed by atoms with Gasteiger partial charge in [0, 0.05) is 0 Å². The Bertz CT molecular complexity index is 381. The van der Waals surface area contributed by atoms with Gasteiger partial charge in [0.1, 0.15) is 0 Å². The van der Waals surface area contributed by atoms with Crippen molar-refractivity contribution < 1.29 is 13.2 Å². The Kier molecular flexibility index (Phi) is 3.51. The number of unbranched alkanes of at least 4 members (excludes halogenated alkanes) is 2. The van der Waals surface area contributed by atoms with E-state index >= 15 is 0 Å². The van der Waals surface area contributed by atoms with E-state index in [0.29, 0.717) is 6.42 Å². The fourth-order valence-electron chi connectivity index (χ4n) is 1.06.